The van der Waals surface area contributed by atoms with E-state index in [0.717, 1.165) is 5.56 Å². The van der Waals surface area contributed by atoms with E-state index >= 15 is 0 Å². The van der Waals surface area contributed by atoms with Crippen LogP contribution in [0.3, 0.4) is 0 Å². The van der Waals surface area contributed by atoms with E-state index in [1.807, 2.05) is 43.3 Å². The molecule has 0 spiro atoms. The molecule has 1 saturated heterocycles. The smallest absolute Gasteiger partial charge is 0.267 e. The highest BCUT2D eigenvalue weighted by molar-refractivity contribution is 8.26. The van der Waals surface area contributed by atoms with Gasteiger partial charge in [-0.2, -0.15) is 0 Å². The summed E-state index contributed by atoms with van der Waals surface area (Å²) in [7, 11) is 0. The Balaban J connectivity index is 1.76. The molecule has 6 nitrogen and oxygen atoms in total. The number of rotatable bonds is 6. The normalized spacial score (nSPS) is 16.4. The number of thiocarbonyl (C=S) groups is 1. The van der Waals surface area contributed by atoms with Gasteiger partial charge >= 0.3 is 0 Å². The van der Waals surface area contributed by atoms with Crippen LogP contribution in [-0.2, 0) is 4.79 Å². The zero-order chi connectivity index (χ0) is 22.8. The van der Waals surface area contributed by atoms with E-state index in [1.54, 1.807) is 29.3 Å². The lowest BCUT2D eigenvalue weighted by Gasteiger charge is -2.23. The molecule has 1 amide bonds. The molecule has 1 atom stereocenters. The Kier molecular flexibility index (Phi) is 6.43. The van der Waals surface area contributed by atoms with Crippen molar-refractivity contribution >= 4 is 51.7 Å². The fourth-order valence-electron chi connectivity index (χ4n) is 3.49. The maximum absolute atomic E-state index is 13.3. The lowest BCUT2D eigenvalue weighted by molar-refractivity contribution is -0.123. The summed E-state index contributed by atoms with van der Waals surface area (Å²) in [6.45, 7) is 6.76. The molecule has 1 unspecified atom stereocenters. The predicted octanol–water partition coefficient (Wildman–Crippen LogP) is 4.72. The molecule has 1 aliphatic rings. The van der Waals surface area contributed by atoms with Crippen LogP contribution in [0, 0.1) is 5.92 Å². The molecule has 4 rings (SSSR count). The van der Waals surface area contributed by atoms with Gasteiger partial charge in [-0.25, -0.2) is 4.98 Å². The second-order valence-corrected chi connectivity index (χ2v) is 9.70. The van der Waals surface area contributed by atoms with Crippen LogP contribution in [0.15, 0.2) is 64.4 Å². The minimum atomic E-state index is -0.233. The van der Waals surface area contributed by atoms with Gasteiger partial charge in [-0.15, -0.1) is 0 Å². The first-order valence-electron chi connectivity index (χ1n) is 10.4. The molecule has 3 heterocycles. The summed E-state index contributed by atoms with van der Waals surface area (Å²) >= 11 is 6.74. The van der Waals surface area contributed by atoms with Crippen LogP contribution in [0.25, 0.3) is 11.7 Å². The maximum atomic E-state index is 13.3. The third-order valence-electron chi connectivity index (χ3n) is 5.22. The van der Waals surface area contributed by atoms with Crippen LogP contribution in [0.1, 0.15) is 37.9 Å². The van der Waals surface area contributed by atoms with E-state index in [1.165, 1.54) is 16.2 Å². The van der Waals surface area contributed by atoms with Crippen molar-refractivity contribution in [3.63, 3.8) is 0 Å². The van der Waals surface area contributed by atoms with Crippen LogP contribution in [0.5, 0.6) is 0 Å². The summed E-state index contributed by atoms with van der Waals surface area (Å²) in [6.07, 6.45) is 3.30. The molecule has 0 saturated carbocycles. The second kappa shape index (κ2) is 9.26. The first-order valence-corrected chi connectivity index (χ1v) is 11.7. The van der Waals surface area contributed by atoms with Gasteiger partial charge in [-0.1, -0.05) is 74.2 Å². The first kappa shape index (κ1) is 22.2. The average molecular weight is 465 g/mol. The monoisotopic (exact) mass is 464 g/mol. The quantitative estimate of drug-likeness (QED) is 0.420. The topological polar surface area (TPSA) is 66.7 Å². The van der Waals surface area contributed by atoms with Crippen molar-refractivity contribution in [3.05, 3.63) is 81.1 Å². The summed E-state index contributed by atoms with van der Waals surface area (Å²) in [5.74, 6) is 0.629. The summed E-state index contributed by atoms with van der Waals surface area (Å²) < 4.78 is 1.96. The predicted molar refractivity (Wildman–Crippen MR) is 135 cm³/mol. The van der Waals surface area contributed by atoms with E-state index < -0.39 is 0 Å². The number of nitrogens with one attached hydrogen (secondary N) is 1. The number of fused-ring (bicyclic) bond motifs is 1. The van der Waals surface area contributed by atoms with Gasteiger partial charge in [0, 0.05) is 12.7 Å². The molecule has 3 aromatic rings. The van der Waals surface area contributed by atoms with Crippen LogP contribution in [-0.4, -0.2) is 31.1 Å². The third kappa shape index (κ3) is 4.33. The number of benzene rings is 1. The third-order valence-corrected chi connectivity index (χ3v) is 6.55. The number of hydrogen-bond acceptors (Lipinski definition) is 6. The van der Waals surface area contributed by atoms with E-state index in [2.05, 4.69) is 24.1 Å². The van der Waals surface area contributed by atoms with E-state index in [0.29, 0.717) is 38.7 Å². The van der Waals surface area contributed by atoms with Crippen LogP contribution < -0.4 is 10.9 Å². The van der Waals surface area contributed by atoms with E-state index in [4.69, 9.17) is 12.2 Å². The zero-order valence-corrected chi connectivity index (χ0v) is 19.7. The van der Waals surface area contributed by atoms with Gasteiger partial charge in [0.2, 0.25) is 0 Å². The summed E-state index contributed by atoms with van der Waals surface area (Å²) in [5, 5.41) is 3.27. The van der Waals surface area contributed by atoms with Crippen molar-refractivity contribution in [2.75, 3.05) is 11.9 Å². The molecule has 0 bridgehead atoms. The van der Waals surface area contributed by atoms with Gasteiger partial charge in [0.05, 0.1) is 16.5 Å². The molecule has 1 N–H and O–H groups in total. The van der Waals surface area contributed by atoms with Crippen molar-refractivity contribution in [3.8, 4) is 0 Å². The van der Waals surface area contributed by atoms with Gasteiger partial charge in [-0.05, 0) is 36.6 Å². The Labute approximate surface area is 196 Å². The maximum Gasteiger partial charge on any atom is 0.267 e. The zero-order valence-electron chi connectivity index (χ0n) is 18.1. The van der Waals surface area contributed by atoms with Crippen LogP contribution >= 0.6 is 24.0 Å². The number of amides is 1. The lowest BCUT2D eigenvalue weighted by atomic mass is 10.1. The molecule has 0 aliphatic carbocycles. The number of carbonyl (C=O) groups is 1. The van der Waals surface area contributed by atoms with Crippen LogP contribution in [0.2, 0.25) is 0 Å². The van der Waals surface area contributed by atoms with E-state index in [9.17, 15) is 9.59 Å². The highest BCUT2D eigenvalue weighted by atomic mass is 32.2. The Morgan fingerprint density at radius 2 is 1.81 bits per heavy atom. The first-order chi connectivity index (χ1) is 15.4. The van der Waals surface area contributed by atoms with Gasteiger partial charge in [0.15, 0.2) is 0 Å². The molecule has 0 radical (unpaired) electrons. The van der Waals surface area contributed by atoms with Crippen molar-refractivity contribution in [2.45, 2.75) is 26.8 Å². The largest absolute Gasteiger partial charge is 0.369 e. The molecule has 1 aliphatic heterocycles. The minimum absolute atomic E-state index is 0.205. The average Bonchev–Trinajstić information content (AvgIpc) is 3.07. The Hall–Kier alpha value is -2.97. The Morgan fingerprint density at radius 3 is 2.53 bits per heavy atom. The van der Waals surface area contributed by atoms with E-state index in [-0.39, 0.29) is 17.5 Å². The number of aromatic nitrogens is 2. The highest BCUT2D eigenvalue weighted by Gasteiger charge is 2.36. The SMILES string of the molecule is CC(C)CNc1nc2ccccn2c(=O)c1/C=C1/SC(=S)N(C(C)c2ccccc2)C1=O. The number of hydrogen-bond donors (Lipinski definition) is 1. The Morgan fingerprint density at radius 1 is 1.09 bits per heavy atom. The molecule has 1 fully saturated rings. The van der Waals surface area contributed by atoms with Crippen LogP contribution in [0.4, 0.5) is 5.82 Å². The van der Waals surface area contributed by atoms with Crippen molar-refractivity contribution in [2.24, 2.45) is 5.92 Å². The molecule has 1 aromatic carbocycles. The standard InChI is InChI=1S/C24H24N4O2S2/c1-15(2)14-25-21-18(22(29)27-12-8-7-11-20(27)26-21)13-19-23(30)28(24(31)32-19)16(3)17-9-5-4-6-10-17/h4-13,15-16,25H,14H2,1-3H3/b19-13+. The summed E-state index contributed by atoms with van der Waals surface area (Å²) in [4.78, 5) is 33.2. The number of pyridine rings is 1. The number of anilines is 1. The van der Waals surface area contributed by atoms with Gasteiger partial charge in [0.25, 0.3) is 11.5 Å². The molecular formula is C24H24N4O2S2. The fourth-order valence-corrected chi connectivity index (χ4v) is 4.89. The minimum Gasteiger partial charge on any atom is -0.369 e. The van der Waals surface area contributed by atoms with Gasteiger partial charge in [0.1, 0.15) is 15.8 Å². The van der Waals surface area contributed by atoms with Crippen molar-refractivity contribution in [1.29, 1.82) is 0 Å². The molecule has 32 heavy (non-hydrogen) atoms. The molecule has 164 valence electrons. The van der Waals surface area contributed by atoms with Gasteiger partial charge in [-0.3, -0.25) is 18.9 Å². The molecular weight excluding hydrogens is 440 g/mol. The second-order valence-electron chi connectivity index (χ2n) is 8.02. The van der Waals surface area contributed by atoms with Crippen molar-refractivity contribution in [1.82, 2.24) is 14.3 Å². The Bertz CT molecular complexity index is 1270. The number of nitrogens with zero attached hydrogens (tertiary/aromatic N) is 3. The molecule has 8 heteroatoms. The van der Waals surface area contributed by atoms with Gasteiger partial charge < -0.3 is 5.32 Å². The summed E-state index contributed by atoms with van der Waals surface area (Å²) in [6, 6.07) is 15.0. The number of carbonyl (C=O) groups excluding carboxylic acids is 1. The highest BCUT2D eigenvalue weighted by Crippen LogP contribution is 2.38. The number of thioether (sulfide) groups is 1. The van der Waals surface area contributed by atoms with Crippen molar-refractivity contribution < 1.29 is 4.79 Å². The fraction of sp³-hybridized carbons (Fsp3) is 0.250. The molecule has 2 aromatic heterocycles. The lowest BCUT2D eigenvalue weighted by Crippen LogP contribution is -2.31. The summed E-state index contributed by atoms with van der Waals surface area (Å²) in [5.41, 5.74) is 1.66.